The van der Waals surface area contributed by atoms with Crippen molar-refractivity contribution in [1.82, 2.24) is 0 Å². The molecule has 0 aliphatic carbocycles. The Bertz CT molecular complexity index is 2930. The first kappa shape index (κ1) is 116. The van der Waals surface area contributed by atoms with E-state index in [-0.39, 0.29) is 19.3 Å². The molecule has 692 valence electrons. The molecule has 0 aromatic carbocycles. The maximum atomic E-state index is 13.1. The zero-order chi connectivity index (χ0) is 87.9. The molecule has 4 N–H and O–H groups in total. The van der Waals surface area contributed by atoms with Crippen molar-refractivity contribution in [2.75, 3.05) is 39.6 Å². The minimum atomic E-state index is -4.95. The van der Waals surface area contributed by atoms with Crippen molar-refractivity contribution in [1.29, 1.82) is 0 Å². The molecule has 16 nitrogen and oxygen atoms in total. The zero-order valence-electron chi connectivity index (χ0n) is 76.4. The molecular formula is C103H174O16P2. The molecule has 0 aromatic rings. The molecule has 0 radical (unpaired) electrons. The summed E-state index contributed by atoms with van der Waals surface area (Å²) in [6.45, 7) is 2.35. The number of ether oxygens (including phenoxy) is 3. The molecule has 0 rings (SSSR count). The van der Waals surface area contributed by atoms with Crippen LogP contribution in [0, 0.1) is 0 Å². The first-order valence-corrected chi connectivity index (χ1v) is 51.1. The van der Waals surface area contributed by atoms with E-state index in [1.54, 1.807) is 0 Å². The second kappa shape index (κ2) is 93.8. The van der Waals surface area contributed by atoms with E-state index in [4.69, 9.17) is 32.3 Å². The van der Waals surface area contributed by atoms with Gasteiger partial charge in [0, 0.05) is 19.3 Å². The predicted molar refractivity (Wildman–Crippen MR) is 509 cm³/mol. The highest BCUT2D eigenvalue weighted by atomic mass is 31.2. The van der Waals surface area contributed by atoms with E-state index < -0.39 is 91.5 Å². The normalized spacial score (nSPS) is 14.5. The van der Waals surface area contributed by atoms with Crippen LogP contribution >= 0.6 is 15.6 Å². The molecule has 0 amide bonds. The molecule has 0 aliphatic heterocycles. The Kier molecular flexibility index (Phi) is 89.6. The summed E-state index contributed by atoms with van der Waals surface area (Å²) < 4.78 is 61.5. The number of hydrogen-bond donors (Lipinski definition) is 4. The van der Waals surface area contributed by atoms with Gasteiger partial charge in [-0.3, -0.25) is 32.5 Å². The monoisotopic (exact) mass is 1730 g/mol. The molecule has 5 atom stereocenters. The SMILES string of the molecule is CC/C=C\C/C=C\C/C=C\C/C=C\C/C=C\CCCCCCCCCCCCCCCCCCCCCC(=O)OCC(O)COP(=O)(O)OCC(O)COP(=O)(O)OCC(COC(=O)CCCCCCCCCCCCCCCCC/C=C\C/C=C\C/C=C\C/C=C\C/C=C\CC)OC(=O)CCCCC/C=C\C/C=C\C/C=C\C/C=C\C/C=C\CC. The molecule has 0 aromatic heterocycles. The van der Waals surface area contributed by atoms with Crippen molar-refractivity contribution < 1.29 is 75.8 Å². The summed E-state index contributed by atoms with van der Waals surface area (Å²) in [5.41, 5.74) is 0. The molecule has 0 heterocycles. The summed E-state index contributed by atoms with van der Waals surface area (Å²) in [5, 5.41) is 20.8. The van der Waals surface area contributed by atoms with Crippen molar-refractivity contribution in [3.63, 3.8) is 0 Å². The Morgan fingerprint density at radius 2 is 0.413 bits per heavy atom. The lowest BCUT2D eigenvalue weighted by Gasteiger charge is -2.21. The summed E-state index contributed by atoms with van der Waals surface area (Å²) in [4.78, 5) is 59.0. The lowest BCUT2D eigenvalue weighted by molar-refractivity contribution is -0.161. The van der Waals surface area contributed by atoms with Gasteiger partial charge >= 0.3 is 33.6 Å². The van der Waals surface area contributed by atoms with Crippen LogP contribution in [0.2, 0.25) is 0 Å². The van der Waals surface area contributed by atoms with Crippen LogP contribution in [0.1, 0.15) is 393 Å². The van der Waals surface area contributed by atoms with E-state index in [0.717, 1.165) is 161 Å². The third kappa shape index (κ3) is 95.2. The number of rotatable bonds is 90. The Balaban J connectivity index is 4.51. The minimum Gasteiger partial charge on any atom is -0.463 e. The first-order chi connectivity index (χ1) is 59.2. The number of aliphatic hydroxyl groups excluding tert-OH is 2. The third-order valence-electron chi connectivity index (χ3n) is 20.1. The fraction of sp³-hybridized carbons (Fsp3) is 0.680. The van der Waals surface area contributed by atoms with Crippen LogP contribution in [0.3, 0.4) is 0 Å². The number of esters is 3. The summed E-state index contributed by atoms with van der Waals surface area (Å²) in [6, 6.07) is 0. The highest BCUT2D eigenvalue weighted by Gasteiger charge is 2.30. The second-order valence-electron chi connectivity index (χ2n) is 31.7. The fourth-order valence-electron chi connectivity index (χ4n) is 12.9. The van der Waals surface area contributed by atoms with E-state index in [0.29, 0.717) is 19.3 Å². The van der Waals surface area contributed by atoms with Crippen LogP contribution in [0.4, 0.5) is 0 Å². The van der Waals surface area contributed by atoms with E-state index in [2.05, 4.69) is 203 Å². The molecule has 0 bridgehead atoms. The zero-order valence-corrected chi connectivity index (χ0v) is 78.2. The fourth-order valence-corrected chi connectivity index (χ4v) is 14.5. The van der Waals surface area contributed by atoms with E-state index >= 15 is 0 Å². The largest absolute Gasteiger partial charge is 0.472 e. The Morgan fingerprint density at radius 1 is 0.231 bits per heavy atom. The molecular weight excluding hydrogens is 1560 g/mol. The highest BCUT2D eigenvalue weighted by molar-refractivity contribution is 7.47. The maximum Gasteiger partial charge on any atom is 0.472 e. The highest BCUT2D eigenvalue weighted by Crippen LogP contribution is 2.45. The van der Waals surface area contributed by atoms with Gasteiger partial charge in [0.2, 0.25) is 0 Å². The van der Waals surface area contributed by atoms with Crippen LogP contribution in [-0.2, 0) is 55.8 Å². The van der Waals surface area contributed by atoms with Gasteiger partial charge in [0.1, 0.15) is 25.4 Å². The van der Waals surface area contributed by atoms with Gasteiger partial charge in [0.15, 0.2) is 6.10 Å². The lowest BCUT2D eigenvalue weighted by Crippen LogP contribution is -2.30. The van der Waals surface area contributed by atoms with Crippen molar-refractivity contribution >= 4 is 33.6 Å². The number of allylic oxidation sites excluding steroid dienone is 30. The third-order valence-corrected chi connectivity index (χ3v) is 22.0. The van der Waals surface area contributed by atoms with Crippen molar-refractivity contribution in [3.05, 3.63) is 182 Å². The van der Waals surface area contributed by atoms with Crippen LogP contribution < -0.4 is 0 Å². The Hall–Kier alpha value is -5.35. The number of carbonyl (C=O) groups excluding carboxylic acids is 3. The number of hydrogen-bond acceptors (Lipinski definition) is 14. The van der Waals surface area contributed by atoms with Crippen molar-refractivity contribution in [3.8, 4) is 0 Å². The molecule has 121 heavy (non-hydrogen) atoms. The summed E-state index contributed by atoms with van der Waals surface area (Å²) in [7, 11) is -9.82. The topological polar surface area (TPSA) is 231 Å². The predicted octanol–water partition coefficient (Wildman–Crippen LogP) is 30.0. The van der Waals surface area contributed by atoms with Crippen LogP contribution in [0.25, 0.3) is 0 Å². The number of carbonyl (C=O) groups is 3. The number of phosphoric acid groups is 2. The van der Waals surface area contributed by atoms with Crippen molar-refractivity contribution in [2.24, 2.45) is 0 Å². The average Bonchev–Trinajstić information content (AvgIpc) is 0.895. The van der Waals surface area contributed by atoms with Gasteiger partial charge in [-0.15, -0.1) is 0 Å². The quantitative estimate of drug-likeness (QED) is 0.0146. The van der Waals surface area contributed by atoms with Gasteiger partial charge in [-0.2, -0.15) is 0 Å². The maximum absolute atomic E-state index is 13.1. The molecule has 5 unspecified atom stereocenters. The van der Waals surface area contributed by atoms with Crippen LogP contribution in [0.15, 0.2) is 182 Å². The Labute approximate surface area is 738 Å². The van der Waals surface area contributed by atoms with E-state index in [1.807, 2.05) is 0 Å². The van der Waals surface area contributed by atoms with Gasteiger partial charge in [-0.25, -0.2) is 9.13 Å². The lowest BCUT2D eigenvalue weighted by atomic mass is 10.0. The summed E-state index contributed by atoms with van der Waals surface area (Å²) in [5.74, 6) is -1.60. The van der Waals surface area contributed by atoms with E-state index in [9.17, 15) is 43.5 Å². The van der Waals surface area contributed by atoms with Crippen molar-refractivity contribution in [2.45, 2.75) is 411 Å². The smallest absolute Gasteiger partial charge is 0.463 e. The number of aliphatic hydroxyl groups is 2. The number of phosphoric ester groups is 2. The molecule has 0 aliphatic rings. The molecule has 0 spiro atoms. The standard InChI is InChI=1S/C103H174O16P2/c1-4-7-10-13-16-19-22-25-28-31-34-36-38-40-42-44-46-47-48-49-51-53-54-56-58-60-63-65-68-71-74-77-80-83-86-89-101(106)113-92-98(104)93-115-120(109,110)116-94-99(105)95-117-121(111,112)118-97-100(119-103(108)91-88-85-82-79-76-73-70-67-62-33-30-27-24-21-18-15-12-9-6-3)96-114-102(107)90-87-84-81-78-75-72-69-66-64-61-59-57-55-52-50-45-43-41-39-37-35-32-29-26-23-20-17-14-11-8-5-2/h7-12,16-21,25-30,34-37,40-43,62,67,73,76,98-100,104-105H,4-6,13-15,22-24,31-33,38-39,44-61,63-66,68-72,74-75,77-97H2,1-3H3,(H,109,110)(H,111,112)/b10-7-,11-8-,12-9-,19-16-,20-17-,21-18-,28-25-,29-26-,30-27-,36-34-,37-35-,42-40-,43-41-,67-62-,76-73-. The minimum absolute atomic E-state index is 0.0618. The van der Waals surface area contributed by atoms with Crippen LogP contribution in [-0.4, -0.2) is 95.9 Å². The van der Waals surface area contributed by atoms with Crippen LogP contribution in [0.5, 0.6) is 0 Å². The average molecular weight is 1730 g/mol. The van der Waals surface area contributed by atoms with Gasteiger partial charge in [-0.1, -0.05) is 402 Å². The Morgan fingerprint density at radius 3 is 0.661 bits per heavy atom. The first-order valence-electron chi connectivity index (χ1n) is 48.1. The van der Waals surface area contributed by atoms with Gasteiger partial charge < -0.3 is 34.2 Å². The van der Waals surface area contributed by atoms with Gasteiger partial charge in [-0.05, 0) is 154 Å². The molecule has 0 fully saturated rings. The van der Waals surface area contributed by atoms with E-state index in [1.165, 1.54) is 173 Å². The summed E-state index contributed by atoms with van der Waals surface area (Å²) in [6.07, 6.45) is 124. The van der Waals surface area contributed by atoms with Gasteiger partial charge in [0.25, 0.3) is 0 Å². The second-order valence-corrected chi connectivity index (χ2v) is 34.6. The molecule has 0 saturated carbocycles. The molecule has 0 saturated heterocycles. The summed E-state index contributed by atoms with van der Waals surface area (Å²) >= 11 is 0. The van der Waals surface area contributed by atoms with Gasteiger partial charge in [0.05, 0.1) is 26.4 Å². The molecule has 18 heteroatoms. The number of unbranched alkanes of at least 4 members (excludes halogenated alkanes) is 37.